The number of methoxy groups -OCH3 is 1. The minimum Gasteiger partial charge on any atom is -0.496 e. The molecule has 1 aliphatic rings. The second-order valence-electron chi connectivity index (χ2n) is 8.74. The Bertz CT molecular complexity index is 1560. The lowest BCUT2D eigenvalue weighted by Gasteiger charge is -2.13. The predicted molar refractivity (Wildman–Crippen MR) is 154 cm³/mol. The van der Waals surface area contributed by atoms with Gasteiger partial charge in [0.2, 0.25) is 0 Å². The summed E-state index contributed by atoms with van der Waals surface area (Å²) in [7, 11) is 1.60. The average molecular weight is 598 g/mol. The molecule has 0 saturated heterocycles. The molecule has 0 spiro atoms. The summed E-state index contributed by atoms with van der Waals surface area (Å²) in [6, 6.07) is 13.3. The first-order valence-corrected chi connectivity index (χ1v) is 14.5. The van der Waals surface area contributed by atoms with Crippen LogP contribution >= 0.6 is 39.0 Å². The van der Waals surface area contributed by atoms with E-state index in [0.717, 1.165) is 62.8 Å². The van der Waals surface area contributed by atoms with Gasteiger partial charge in [-0.25, -0.2) is 10.4 Å². The van der Waals surface area contributed by atoms with Crippen LogP contribution in [-0.4, -0.2) is 34.5 Å². The summed E-state index contributed by atoms with van der Waals surface area (Å²) in [5.74, 6) is 0.496. The van der Waals surface area contributed by atoms with Gasteiger partial charge in [-0.3, -0.25) is 14.2 Å². The molecule has 10 heteroatoms. The minimum atomic E-state index is -0.288. The molecule has 2 aromatic carbocycles. The highest BCUT2D eigenvalue weighted by Gasteiger charge is 2.23. The van der Waals surface area contributed by atoms with Gasteiger partial charge in [0.25, 0.3) is 11.5 Å². The lowest BCUT2D eigenvalue weighted by atomic mass is 9.97. The Labute approximate surface area is 231 Å². The van der Waals surface area contributed by atoms with Crippen LogP contribution in [0.5, 0.6) is 5.75 Å². The quantitative estimate of drug-likeness (QED) is 0.129. The number of benzene rings is 2. The zero-order valence-corrected chi connectivity index (χ0v) is 23.6. The molecule has 1 aliphatic carbocycles. The Balaban J connectivity index is 1.39. The number of ether oxygens (including phenoxy) is 1. The molecule has 0 saturated carbocycles. The summed E-state index contributed by atoms with van der Waals surface area (Å²) < 4.78 is 7.67. The third-order valence-corrected chi connectivity index (χ3v) is 8.91. The molecule has 37 heavy (non-hydrogen) atoms. The number of amides is 1. The van der Waals surface area contributed by atoms with Crippen molar-refractivity contribution in [3.63, 3.8) is 0 Å². The molecule has 190 valence electrons. The molecule has 1 N–H and O–H groups in total. The molecule has 4 aromatic rings. The van der Waals surface area contributed by atoms with Crippen LogP contribution in [0.15, 0.2) is 62.0 Å². The molecule has 0 radical (unpaired) electrons. The number of hydrogen-bond donors (Lipinski definition) is 1. The first-order valence-electron chi connectivity index (χ1n) is 11.9. The van der Waals surface area contributed by atoms with Crippen molar-refractivity contribution in [3.8, 4) is 11.4 Å². The smallest absolute Gasteiger partial charge is 0.267 e. The maximum absolute atomic E-state index is 13.8. The van der Waals surface area contributed by atoms with Crippen molar-refractivity contribution in [3.05, 3.63) is 78.9 Å². The highest BCUT2D eigenvalue weighted by Crippen LogP contribution is 2.35. The molecule has 0 aliphatic heterocycles. The second-order valence-corrected chi connectivity index (χ2v) is 11.6. The normalized spacial score (nSPS) is 13.2. The van der Waals surface area contributed by atoms with Gasteiger partial charge in [-0.15, -0.1) is 11.3 Å². The van der Waals surface area contributed by atoms with Crippen LogP contribution in [-0.2, 0) is 17.6 Å². The van der Waals surface area contributed by atoms with Gasteiger partial charge in [0, 0.05) is 4.88 Å². The molecule has 5 rings (SSSR count). The Kier molecular flexibility index (Phi) is 7.78. The van der Waals surface area contributed by atoms with Gasteiger partial charge in [-0.05, 0) is 90.0 Å². The number of hydrazone groups is 1. The van der Waals surface area contributed by atoms with Crippen molar-refractivity contribution in [2.45, 2.75) is 37.8 Å². The fourth-order valence-electron chi connectivity index (χ4n) is 4.31. The summed E-state index contributed by atoms with van der Waals surface area (Å²) >= 11 is 6.28. The Morgan fingerprint density at radius 3 is 2.78 bits per heavy atom. The number of aryl methyl sites for hydroxylation is 3. The summed E-state index contributed by atoms with van der Waals surface area (Å²) in [6.45, 7) is 2.01. The number of rotatable bonds is 7. The van der Waals surface area contributed by atoms with Crippen LogP contribution in [0.3, 0.4) is 0 Å². The zero-order valence-electron chi connectivity index (χ0n) is 20.4. The monoisotopic (exact) mass is 596 g/mol. The predicted octanol–water partition coefficient (Wildman–Crippen LogP) is 5.65. The molecule has 0 bridgehead atoms. The lowest BCUT2D eigenvalue weighted by Crippen LogP contribution is -2.24. The fourth-order valence-corrected chi connectivity index (χ4v) is 6.97. The van der Waals surface area contributed by atoms with Gasteiger partial charge >= 0.3 is 0 Å². The minimum absolute atomic E-state index is 0.0680. The molecule has 0 unspecified atom stereocenters. The molecule has 0 atom stereocenters. The maximum atomic E-state index is 13.8. The van der Waals surface area contributed by atoms with Gasteiger partial charge in [-0.2, -0.15) is 5.10 Å². The summed E-state index contributed by atoms with van der Waals surface area (Å²) in [4.78, 5) is 33.3. The molecular weight excluding hydrogens is 572 g/mol. The molecule has 0 fully saturated rings. The van der Waals surface area contributed by atoms with Crippen molar-refractivity contribution < 1.29 is 9.53 Å². The van der Waals surface area contributed by atoms with Crippen molar-refractivity contribution in [2.24, 2.45) is 5.10 Å². The first-order chi connectivity index (χ1) is 17.9. The SMILES string of the molecule is COc1ccc(/C=N/NC(=O)CSc2nc3sc4c(c3c(=O)n2-c2ccc(C)cc2)CCCC4)cc1Br. The number of fused-ring (bicyclic) bond motifs is 3. The number of nitrogens with zero attached hydrogens (tertiary/aromatic N) is 3. The van der Waals surface area contributed by atoms with E-state index in [2.05, 4.69) is 26.5 Å². The fraction of sp³-hybridized carbons (Fsp3) is 0.259. The third-order valence-electron chi connectivity index (χ3n) is 6.16. The number of carbonyl (C=O) groups excluding carboxylic acids is 1. The van der Waals surface area contributed by atoms with Crippen molar-refractivity contribution >= 4 is 61.4 Å². The Morgan fingerprint density at radius 2 is 2.03 bits per heavy atom. The number of nitrogens with one attached hydrogen (secondary N) is 1. The van der Waals surface area contributed by atoms with Crippen LogP contribution < -0.4 is 15.7 Å². The van der Waals surface area contributed by atoms with Gasteiger partial charge in [-0.1, -0.05) is 29.5 Å². The van der Waals surface area contributed by atoms with Gasteiger partial charge in [0.05, 0.1) is 34.6 Å². The van der Waals surface area contributed by atoms with Gasteiger partial charge in [0.1, 0.15) is 10.6 Å². The molecule has 1 amide bonds. The number of thioether (sulfide) groups is 1. The van der Waals surface area contributed by atoms with E-state index in [4.69, 9.17) is 9.72 Å². The topological polar surface area (TPSA) is 85.6 Å². The van der Waals surface area contributed by atoms with E-state index in [1.807, 2.05) is 49.4 Å². The standard InChI is InChI=1S/C27H25BrN4O3S2/c1-16-7-10-18(11-8-16)32-26(34)24-19-5-3-4-6-22(19)37-25(24)30-27(32)36-15-23(33)31-29-14-17-9-12-21(35-2)20(28)13-17/h7-14H,3-6,15H2,1-2H3,(H,31,33)/b29-14+. The highest BCUT2D eigenvalue weighted by atomic mass is 79.9. The van der Waals surface area contributed by atoms with E-state index in [0.29, 0.717) is 10.9 Å². The molecule has 2 aromatic heterocycles. The Morgan fingerprint density at radius 1 is 1.24 bits per heavy atom. The van der Waals surface area contributed by atoms with E-state index in [1.54, 1.807) is 29.2 Å². The van der Waals surface area contributed by atoms with E-state index in [-0.39, 0.29) is 17.2 Å². The first kappa shape index (κ1) is 25.7. The van der Waals surface area contributed by atoms with Gasteiger partial charge < -0.3 is 4.74 Å². The van der Waals surface area contributed by atoms with E-state index >= 15 is 0 Å². The molecule has 7 nitrogen and oxygen atoms in total. The largest absolute Gasteiger partial charge is 0.496 e. The van der Waals surface area contributed by atoms with Gasteiger partial charge in [0.15, 0.2) is 5.16 Å². The Hall–Kier alpha value is -2.95. The number of halogens is 1. The van der Waals surface area contributed by atoms with E-state index in [9.17, 15) is 9.59 Å². The van der Waals surface area contributed by atoms with Crippen LogP contribution in [0.4, 0.5) is 0 Å². The highest BCUT2D eigenvalue weighted by molar-refractivity contribution is 9.10. The van der Waals surface area contributed by atoms with Crippen molar-refractivity contribution in [1.82, 2.24) is 15.0 Å². The van der Waals surface area contributed by atoms with Crippen molar-refractivity contribution in [1.29, 1.82) is 0 Å². The van der Waals surface area contributed by atoms with E-state index < -0.39 is 0 Å². The summed E-state index contributed by atoms with van der Waals surface area (Å²) in [5.41, 5.74) is 6.30. The van der Waals surface area contributed by atoms with Crippen LogP contribution in [0.2, 0.25) is 0 Å². The van der Waals surface area contributed by atoms with Crippen LogP contribution in [0.1, 0.15) is 34.4 Å². The van der Waals surface area contributed by atoms with Crippen LogP contribution in [0.25, 0.3) is 15.9 Å². The summed E-state index contributed by atoms with van der Waals surface area (Å²) in [5, 5.41) is 5.29. The lowest BCUT2D eigenvalue weighted by molar-refractivity contribution is -0.118. The second kappa shape index (κ2) is 11.2. The number of hydrogen-bond acceptors (Lipinski definition) is 7. The average Bonchev–Trinajstić information content (AvgIpc) is 3.27. The third kappa shape index (κ3) is 5.51. The number of aromatic nitrogens is 2. The van der Waals surface area contributed by atoms with Crippen molar-refractivity contribution in [2.75, 3.05) is 12.9 Å². The molecule has 2 heterocycles. The number of thiophene rings is 1. The molecular formula is C27H25BrN4O3S2. The number of carbonyl (C=O) groups is 1. The summed E-state index contributed by atoms with van der Waals surface area (Å²) in [6.07, 6.45) is 5.70. The maximum Gasteiger partial charge on any atom is 0.267 e. The van der Waals surface area contributed by atoms with Crippen LogP contribution in [0, 0.1) is 6.92 Å². The van der Waals surface area contributed by atoms with E-state index in [1.165, 1.54) is 16.6 Å². The zero-order chi connectivity index (χ0) is 25.9.